The number of aryl methyl sites for hydroxylation is 1. The van der Waals surface area contributed by atoms with E-state index in [9.17, 15) is 0 Å². The number of hydrogen-bond acceptors (Lipinski definition) is 1. The van der Waals surface area contributed by atoms with Crippen molar-refractivity contribution in [1.29, 1.82) is 0 Å². The Morgan fingerprint density at radius 3 is 2.17 bits per heavy atom. The molecule has 0 fully saturated rings. The van der Waals surface area contributed by atoms with E-state index >= 15 is 0 Å². The van der Waals surface area contributed by atoms with Crippen LogP contribution >= 0.6 is 0 Å². The van der Waals surface area contributed by atoms with Gasteiger partial charge in [0.05, 0.1) is 12.9 Å². The van der Waals surface area contributed by atoms with Gasteiger partial charge in [-0.1, -0.05) is 52.0 Å². The molecule has 0 aliphatic heterocycles. The molecular formula is C17H28O. The second kappa shape index (κ2) is 9.76. The Hall–Kier alpha value is -1.24. The topological polar surface area (TPSA) is 9.23 Å². The third-order valence-electron chi connectivity index (χ3n) is 2.68. The lowest BCUT2D eigenvalue weighted by Crippen LogP contribution is -1.92. The zero-order valence-electron chi connectivity index (χ0n) is 12.8. The molecule has 1 aromatic carbocycles. The number of hydrogen-bond donors (Lipinski definition) is 0. The summed E-state index contributed by atoms with van der Waals surface area (Å²) in [6.07, 6.45) is 4.48. The van der Waals surface area contributed by atoms with E-state index in [1.54, 1.807) is 7.11 Å². The molecule has 0 aliphatic rings. The molecule has 0 N–H and O–H groups in total. The molecule has 0 saturated heterocycles. The summed E-state index contributed by atoms with van der Waals surface area (Å²) in [4.78, 5) is 0. The molecule has 1 rings (SSSR count). The van der Waals surface area contributed by atoms with Gasteiger partial charge in [0.25, 0.3) is 0 Å². The first-order valence-electron chi connectivity index (χ1n) is 6.93. The van der Waals surface area contributed by atoms with Crippen molar-refractivity contribution in [3.8, 4) is 0 Å². The molecule has 0 bridgehead atoms. The summed E-state index contributed by atoms with van der Waals surface area (Å²) < 4.78 is 5.12. The van der Waals surface area contributed by atoms with Crippen LogP contribution in [0.1, 0.15) is 52.2 Å². The maximum absolute atomic E-state index is 5.12. The second-order valence-corrected chi connectivity index (χ2v) is 4.63. The minimum atomic E-state index is 0.773. The first kappa shape index (κ1) is 16.8. The van der Waals surface area contributed by atoms with Gasteiger partial charge in [0.2, 0.25) is 0 Å². The molecule has 0 atom stereocenters. The van der Waals surface area contributed by atoms with Crippen LogP contribution in [0.25, 0.3) is 6.08 Å². The SMILES string of the molecule is CC.CO/C(C)=C\c1ccc(CCC(C)C)cc1. The van der Waals surface area contributed by atoms with Crippen LogP contribution in [0.2, 0.25) is 0 Å². The Morgan fingerprint density at radius 1 is 1.17 bits per heavy atom. The highest BCUT2D eigenvalue weighted by atomic mass is 16.5. The second-order valence-electron chi connectivity index (χ2n) is 4.63. The molecule has 0 aliphatic carbocycles. The number of rotatable bonds is 5. The molecular weight excluding hydrogens is 220 g/mol. The lowest BCUT2D eigenvalue weighted by atomic mass is 10.0. The van der Waals surface area contributed by atoms with Gasteiger partial charge in [-0.3, -0.25) is 0 Å². The first-order chi connectivity index (χ1) is 8.61. The van der Waals surface area contributed by atoms with E-state index in [-0.39, 0.29) is 0 Å². The van der Waals surface area contributed by atoms with E-state index in [0.717, 1.165) is 11.7 Å². The van der Waals surface area contributed by atoms with Crippen LogP contribution in [-0.2, 0) is 11.2 Å². The fourth-order valence-corrected chi connectivity index (χ4v) is 1.53. The van der Waals surface area contributed by atoms with E-state index in [2.05, 4.69) is 38.1 Å². The summed E-state index contributed by atoms with van der Waals surface area (Å²) in [6.45, 7) is 10.5. The molecule has 0 unspecified atom stereocenters. The van der Waals surface area contributed by atoms with Crippen LogP contribution in [0.4, 0.5) is 0 Å². The average molecular weight is 248 g/mol. The molecule has 0 spiro atoms. The molecule has 102 valence electrons. The van der Waals surface area contributed by atoms with E-state index in [1.165, 1.54) is 24.0 Å². The van der Waals surface area contributed by atoms with Crippen LogP contribution in [0.3, 0.4) is 0 Å². The normalized spacial score (nSPS) is 10.9. The van der Waals surface area contributed by atoms with Gasteiger partial charge in [-0.25, -0.2) is 0 Å². The number of methoxy groups -OCH3 is 1. The number of ether oxygens (including phenoxy) is 1. The van der Waals surface area contributed by atoms with Gasteiger partial charge >= 0.3 is 0 Å². The quantitative estimate of drug-likeness (QED) is 0.642. The monoisotopic (exact) mass is 248 g/mol. The Bertz CT molecular complexity index is 333. The average Bonchev–Trinajstić information content (AvgIpc) is 2.40. The van der Waals surface area contributed by atoms with E-state index in [1.807, 2.05) is 26.8 Å². The highest BCUT2D eigenvalue weighted by Gasteiger charge is 1.97. The zero-order chi connectivity index (χ0) is 14.0. The van der Waals surface area contributed by atoms with Crippen molar-refractivity contribution in [3.63, 3.8) is 0 Å². The first-order valence-corrected chi connectivity index (χ1v) is 6.93. The highest BCUT2D eigenvalue weighted by Crippen LogP contribution is 2.12. The largest absolute Gasteiger partial charge is 0.501 e. The van der Waals surface area contributed by atoms with Gasteiger partial charge in [0, 0.05) is 0 Å². The molecule has 18 heavy (non-hydrogen) atoms. The number of allylic oxidation sites excluding steroid dienone is 1. The minimum absolute atomic E-state index is 0.773. The van der Waals surface area contributed by atoms with Crippen molar-refractivity contribution in [3.05, 3.63) is 41.2 Å². The predicted octanol–water partition coefficient (Wildman–Crippen LogP) is 5.31. The summed E-state index contributed by atoms with van der Waals surface area (Å²) in [6, 6.07) is 8.71. The van der Waals surface area contributed by atoms with Crippen molar-refractivity contribution in [2.24, 2.45) is 5.92 Å². The van der Waals surface area contributed by atoms with E-state index in [0.29, 0.717) is 0 Å². The van der Waals surface area contributed by atoms with Crippen molar-refractivity contribution in [2.75, 3.05) is 7.11 Å². The Morgan fingerprint density at radius 2 is 1.72 bits per heavy atom. The molecule has 0 amide bonds. The number of benzene rings is 1. The van der Waals surface area contributed by atoms with Crippen molar-refractivity contribution in [2.45, 2.75) is 47.5 Å². The Labute approximate surface area is 113 Å². The third-order valence-corrected chi connectivity index (χ3v) is 2.68. The fraction of sp³-hybridized carbons (Fsp3) is 0.529. The highest BCUT2D eigenvalue weighted by molar-refractivity contribution is 5.51. The van der Waals surface area contributed by atoms with Crippen molar-refractivity contribution >= 4 is 6.08 Å². The summed E-state index contributed by atoms with van der Waals surface area (Å²) in [5.74, 6) is 1.71. The van der Waals surface area contributed by atoms with Crippen LogP contribution in [-0.4, -0.2) is 7.11 Å². The summed E-state index contributed by atoms with van der Waals surface area (Å²) in [7, 11) is 1.70. The van der Waals surface area contributed by atoms with Gasteiger partial charge < -0.3 is 4.74 Å². The zero-order valence-corrected chi connectivity index (χ0v) is 12.8. The van der Waals surface area contributed by atoms with Gasteiger partial charge in [0.1, 0.15) is 0 Å². The van der Waals surface area contributed by atoms with E-state index in [4.69, 9.17) is 4.74 Å². The van der Waals surface area contributed by atoms with Crippen molar-refractivity contribution < 1.29 is 4.74 Å². The van der Waals surface area contributed by atoms with Crippen LogP contribution in [0.5, 0.6) is 0 Å². The van der Waals surface area contributed by atoms with Gasteiger partial charge in [-0.2, -0.15) is 0 Å². The fourth-order valence-electron chi connectivity index (χ4n) is 1.53. The van der Waals surface area contributed by atoms with Crippen LogP contribution in [0.15, 0.2) is 30.0 Å². The predicted molar refractivity (Wildman–Crippen MR) is 81.6 cm³/mol. The molecule has 0 heterocycles. The molecule has 1 aromatic rings. The lowest BCUT2D eigenvalue weighted by molar-refractivity contribution is 0.297. The Kier molecular flexibility index (Phi) is 9.08. The lowest BCUT2D eigenvalue weighted by Gasteiger charge is -2.05. The standard InChI is InChI=1S/C15H22O.C2H6/c1-12(2)5-6-14-7-9-15(10-8-14)11-13(3)16-4;1-2/h7-12H,5-6H2,1-4H3;1-2H3/b13-11-;. The van der Waals surface area contributed by atoms with Gasteiger partial charge in [0.15, 0.2) is 0 Å². The Balaban J connectivity index is 0.00000137. The summed E-state index contributed by atoms with van der Waals surface area (Å²) >= 11 is 0. The molecule has 1 nitrogen and oxygen atoms in total. The molecule has 0 radical (unpaired) electrons. The van der Waals surface area contributed by atoms with Gasteiger partial charge in [-0.05, 0) is 42.9 Å². The van der Waals surface area contributed by atoms with E-state index < -0.39 is 0 Å². The minimum Gasteiger partial charge on any atom is -0.501 e. The summed E-state index contributed by atoms with van der Waals surface area (Å²) in [5, 5.41) is 0. The maximum atomic E-state index is 5.12. The molecule has 1 heteroatoms. The maximum Gasteiger partial charge on any atom is 0.0930 e. The third kappa shape index (κ3) is 7.16. The van der Waals surface area contributed by atoms with Crippen LogP contribution < -0.4 is 0 Å². The summed E-state index contributed by atoms with van der Waals surface area (Å²) in [5.41, 5.74) is 2.62. The molecule has 0 aromatic heterocycles. The van der Waals surface area contributed by atoms with Gasteiger partial charge in [-0.15, -0.1) is 0 Å². The smallest absolute Gasteiger partial charge is 0.0930 e. The van der Waals surface area contributed by atoms with Crippen LogP contribution in [0, 0.1) is 5.92 Å². The van der Waals surface area contributed by atoms with Crippen molar-refractivity contribution in [1.82, 2.24) is 0 Å². The molecule has 0 saturated carbocycles.